The molecule has 1 unspecified atom stereocenters. The SMILES string of the molecule is CCCC(NC1CC2(CCCCC2)C1)C(=O)O. The van der Waals surface area contributed by atoms with Gasteiger partial charge in [-0.25, -0.2) is 0 Å². The lowest BCUT2D eigenvalue weighted by Crippen LogP contribution is -2.54. The van der Waals surface area contributed by atoms with E-state index in [2.05, 4.69) is 5.32 Å². The maximum Gasteiger partial charge on any atom is 0.320 e. The molecule has 0 aromatic rings. The molecule has 1 atom stereocenters. The van der Waals surface area contributed by atoms with Crippen LogP contribution in [-0.4, -0.2) is 23.2 Å². The van der Waals surface area contributed by atoms with Gasteiger partial charge in [0, 0.05) is 6.04 Å². The van der Waals surface area contributed by atoms with Crippen LogP contribution in [0.4, 0.5) is 0 Å². The Morgan fingerprint density at radius 2 is 2.00 bits per heavy atom. The van der Waals surface area contributed by atoms with Crippen molar-refractivity contribution < 1.29 is 9.90 Å². The summed E-state index contributed by atoms with van der Waals surface area (Å²) >= 11 is 0. The second-order valence-corrected chi connectivity index (χ2v) is 6.01. The van der Waals surface area contributed by atoms with Crippen molar-refractivity contribution in [1.82, 2.24) is 5.32 Å². The molecule has 2 rings (SSSR count). The first-order valence-electron chi connectivity index (χ1n) is 7.14. The van der Waals surface area contributed by atoms with E-state index in [0.29, 0.717) is 11.5 Å². The molecule has 3 heteroatoms. The van der Waals surface area contributed by atoms with Crippen LogP contribution in [0.15, 0.2) is 0 Å². The first kappa shape index (κ1) is 12.9. The van der Waals surface area contributed by atoms with Gasteiger partial charge in [0.2, 0.25) is 0 Å². The van der Waals surface area contributed by atoms with Crippen molar-refractivity contribution in [3.8, 4) is 0 Å². The van der Waals surface area contributed by atoms with E-state index in [9.17, 15) is 4.79 Å². The maximum absolute atomic E-state index is 11.1. The van der Waals surface area contributed by atoms with Gasteiger partial charge in [0.15, 0.2) is 0 Å². The zero-order chi connectivity index (χ0) is 12.3. The summed E-state index contributed by atoms with van der Waals surface area (Å²) in [5.41, 5.74) is 0.588. The highest BCUT2D eigenvalue weighted by Crippen LogP contribution is 2.51. The molecule has 98 valence electrons. The minimum Gasteiger partial charge on any atom is -0.480 e. The summed E-state index contributed by atoms with van der Waals surface area (Å²) in [5.74, 6) is -0.684. The zero-order valence-corrected chi connectivity index (χ0v) is 10.9. The van der Waals surface area contributed by atoms with Crippen molar-refractivity contribution in [2.75, 3.05) is 0 Å². The van der Waals surface area contributed by atoms with Crippen LogP contribution in [0.2, 0.25) is 0 Å². The minimum atomic E-state index is -0.684. The molecule has 1 spiro atoms. The number of carboxylic acid groups (broad SMARTS) is 1. The summed E-state index contributed by atoms with van der Waals surface area (Å²) in [7, 11) is 0. The largest absolute Gasteiger partial charge is 0.480 e. The summed E-state index contributed by atoms with van der Waals surface area (Å²) in [4.78, 5) is 11.1. The Kier molecular flexibility index (Phi) is 4.08. The van der Waals surface area contributed by atoms with Gasteiger partial charge in [0.1, 0.15) is 6.04 Å². The lowest BCUT2D eigenvalue weighted by molar-refractivity contribution is -0.140. The van der Waals surface area contributed by atoms with Crippen LogP contribution in [-0.2, 0) is 4.79 Å². The fourth-order valence-electron chi connectivity index (χ4n) is 3.66. The van der Waals surface area contributed by atoms with Crippen LogP contribution in [0.25, 0.3) is 0 Å². The Balaban J connectivity index is 1.76. The lowest BCUT2D eigenvalue weighted by atomic mass is 9.58. The Labute approximate surface area is 104 Å². The summed E-state index contributed by atoms with van der Waals surface area (Å²) in [6.07, 6.45) is 11.0. The van der Waals surface area contributed by atoms with Crippen molar-refractivity contribution in [3.05, 3.63) is 0 Å². The van der Waals surface area contributed by atoms with Crippen LogP contribution < -0.4 is 5.32 Å². The molecule has 17 heavy (non-hydrogen) atoms. The third-order valence-electron chi connectivity index (χ3n) is 4.59. The van der Waals surface area contributed by atoms with Crippen molar-refractivity contribution in [3.63, 3.8) is 0 Å². The van der Waals surface area contributed by atoms with E-state index >= 15 is 0 Å². The molecule has 0 aliphatic heterocycles. The Morgan fingerprint density at radius 3 is 2.53 bits per heavy atom. The average molecular weight is 239 g/mol. The predicted octanol–water partition coefficient (Wildman–Crippen LogP) is 2.94. The average Bonchev–Trinajstić information content (AvgIpc) is 2.27. The molecule has 3 nitrogen and oxygen atoms in total. The Hall–Kier alpha value is -0.570. The van der Waals surface area contributed by atoms with Gasteiger partial charge in [-0.2, -0.15) is 0 Å². The van der Waals surface area contributed by atoms with Crippen LogP contribution in [0.3, 0.4) is 0 Å². The Bertz CT molecular complexity index is 263. The lowest BCUT2D eigenvalue weighted by Gasteiger charge is -2.51. The third-order valence-corrected chi connectivity index (χ3v) is 4.59. The molecular weight excluding hydrogens is 214 g/mol. The first-order valence-corrected chi connectivity index (χ1v) is 7.14. The number of carboxylic acids is 1. The third kappa shape index (κ3) is 3.01. The minimum absolute atomic E-state index is 0.328. The van der Waals surface area contributed by atoms with E-state index < -0.39 is 5.97 Å². The highest BCUT2D eigenvalue weighted by molar-refractivity contribution is 5.73. The van der Waals surface area contributed by atoms with Crippen molar-refractivity contribution in [2.24, 2.45) is 5.41 Å². The van der Waals surface area contributed by atoms with Crippen LogP contribution >= 0.6 is 0 Å². The maximum atomic E-state index is 11.1. The predicted molar refractivity (Wildman–Crippen MR) is 68.0 cm³/mol. The van der Waals surface area contributed by atoms with Gasteiger partial charge < -0.3 is 10.4 Å². The molecule has 2 saturated carbocycles. The van der Waals surface area contributed by atoms with E-state index in [1.54, 1.807) is 0 Å². The standard InChI is InChI=1S/C14H25NO2/c1-2-6-12(13(16)17)15-11-9-14(10-11)7-4-3-5-8-14/h11-12,15H,2-10H2,1H3,(H,16,17). The number of carbonyl (C=O) groups is 1. The fourth-order valence-corrected chi connectivity index (χ4v) is 3.66. The van der Waals surface area contributed by atoms with E-state index in [-0.39, 0.29) is 6.04 Å². The van der Waals surface area contributed by atoms with Gasteiger partial charge in [-0.15, -0.1) is 0 Å². The van der Waals surface area contributed by atoms with E-state index in [0.717, 1.165) is 12.8 Å². The van der Waals surface area contributed by atoms with Crippen molar-refractivity contribution in [1.29, 1.82) is 0 Å². The Morgan fingerprint density at radius 1 is 1.35 bits per heavy atom. The molecule has 0 amide bonds. The summed E-state index contributed by atoms with van der Waals surface area (Å²) in [6, 6.07) is 0.131. The van der Waals surface area contributed by atoms with E-state index in [4.69, 9.17) is 5.11 Å². The van der Waals surface area contributed by atoms with Gasteiger partial charge in [0.25, 0.3) is 0 Å². The van der Waals surface area contributed by atoms with Gasteiger partial charge in [0.05, 0.1) is 0 Å². The molecule has 0 bridgehead atoms. The second kappa shape index (κ2) is 5.38. The number of nitrogens with one attached hydrogen (secondary N) is 1. The molecule has 2 aliphatic rings. The topological polar surface area (TPSA) is 49.3 Å². The van der Waals surface area contributed by atoms with Gasteiger partial charge >= 0.3 is 5.97 Å². The quantitative estimate of drug-likeness (QED) is 0.775. The van der Waals surface area contributed by atoms with Crippen LogP contribution in [0.5, 0.6) is 0 Å². The smallest absolute Gasteiger partial charge is 0.320 e. The fraction of sp³-hybridized carbons (Fsp3) is 0.929. The molecule has 0 radical (unpaired) electrons. The molecule has 2 N–H and O–H groups in total. The zero-order valence-electron chi connectivity index (χ0n) is 10.9. The number of rotatable bonds is 5. The monoisotopic (exact) mass is 239 g/mol. The van der Waals surface area contributed by atoms with Gasteiger partial charge in [-0.3, -0.25) is 4.79 Å². The van der Waals surface area contributed by atoms with Crippen molar-refractivity contribution in [2.45, 2.75) is 76.8 Å². The van der Waals surface area contributed by atoms with Crippen LogP contribution in [0.1, 0.15) is 64.7 Å². The van der Waals surface area contributed by atoms with E-state index in [1.807, 2.05) is 6.92 Å². The van der Waals surface area contributed by atoms with Gasteiger partial charge in [-0.1, -0.05) is 32.6 Å². The summed E-state index contributed by atoms with van der Waals surface area (Å²) < 4.78 is 0. The first-order chi connectivity index (χ1) is 8.15. The molecule has 0 aromatic heterocycles. The molecule has 0 saturated heterocycles. The number of hydrogen-bond acceptors (Lipinski definition) is 2. The summed E-state index contributed by atoms with van der Waals surface area (Å²) in [5, 5.41) is 12.4. The molecular formula is C14H25NO2. The van der Waals surface area contributed by atoms with Crippen LogP contribution in [0, 0.1) is 5.41 Å². The second-order valence-electron chi connectivity index (χ2n) is 6.01. The van der Waals surface area contributed by atoms with Crippen molar-refractivity contribution >= 4 is 5.97 Å². The highest BCUT2D eigenvalue weighted by Gasteiger charge is 2.45. The normalized spacial score (nSPS) is 25.5. The van der Waals surface area contributed by atoms with Gasteiger partial charge in [-0.05, 0) is 37.5 Å². The molecule has 2 aliphatic carbocycles. The molecule has 0 heterocycles. The summed E-state index contributed by atoms with van der Waals surface area (Å²) in [6.45, 7) is 2.04. The highest BCUT2D eigenvalue weighted by atomic mass is 16.4. The number of hydrogen-bond donors (Lipinski definition) is 2. The molecule has 2 fully saturated rings. The number of aliphatic carboxylic acids is 1. The molecule has 0 aromatic carbocycles. The van der Waals surface area contributed by atoms with E-state index in [1.165, 1.54) is 44.9 Å².